The first-order chi connectivity index (χ1) is 11.6. The van der Waals surface area contributed by atoms with E-state index in [-0.39, 0.29) is 19.0 Å². The molecule has 0 aromatic heterocycles. The van der Waals surface area contributed by atoms with Crippen LogP contribution in [0.1, 0.15) is 66.2 Å². The molecule has 7 heteroatoms. The molecule has 2 amide bonds. The summed E-state index contributed by atoms with van der Waals surface area (Å²) in [5, 5.41) is 11.7. The second-order valence-corrected chi connectivity index (χ2v) is 7.68. The SMILES string of the molecule is CCN(CC(=O)O)C(=O)C(CC1CCCCC1)NC(=O)OC(C)(C)C. The average molecular weight is 356 g/mol. The number of hydrogen-bond acceptors (Lipinski definition) is 4. The van der Waals surface area contributed by atoms with Gasteiger partial charge in [0.15, 0.2) is 0 Å². The Bertz CT molecular complexity index is 467. The van der Waals surface area contributed by atoms with Gasteiger partial charge in [0.1, 0.15) is 18.2 Å². The maximum Gasteiger partial charge on any atom is 0.408 e. The van der Waals surface area contributed by atoms with Gasteiger partial charge in [-0.3, -0.25) is 9.59 Å². The monoisotopic (exact) mass is 356 g/mol. The van der Waals surface area contributed by atoms with Crippen LogP contribution in [-0.2, 0) is 14.3 Å². The zero-order chi connectivity index (χ0) is 19.0. The van der Waals surface area contributed by atoms with E-state index in [9.17, 15) is 14.4 Å². The van der Waals surface area contributed by atoms with Gasteiger partial charge in [-0.2, -0.15) is 0 Å². The zero-order valence-electron chi connectivity index (χ0n) is 15.8. The van der Waals surface area contributed by atoms with Crippen molar-refractivity contribution in [2.24, 2.45) is 5.92 Å². The second-order valence-electron chi connectivity index (χ2n) is 7.68. The first-order valence-corrected chi connectivity index (χ1v) is 9.12. The molecule has 0 aliphatic heterocycles. The van der Waals surface area contributed by atoms with Crippen LogP contribution < -0.4 is 5.32 Å². The molecule has 2 N–H and O–H groups in total. The van der Waals surface area contributed by atoms with Crippen molar-refractivity contribution in [1.82, 2.24) is 10.2 Å². The van der Waals surface area contributed by atoms with Crippen molar-refractivity contribution in [2.75, 3.05) is 13.1 Å². The van der Waals surface area contributed by atoms with E-state index in [0.717, 1.165) is 25.7 Å². The molecular weight excluding hydrogens is 324 g/mol. The van der Waals surface area contributed by atoms with Gasteiger partial charge in [0.05, 0.1) is 0 Å². The number of alkyl carbamates (subject to hydrolysis) is 1. The minimum absolute atomic E-state index is 0.280. The predicted octanol–water partition coefficient (Wildman–Crippen LogP) is 2.78. The maximum atomic E-state index is 12.8. The van der Waals surface area contributed by atoms with Gasteiger partial charge in [0, 0.05) is 6.54 Å². The number of carbonyl (C=O) groups is 3. The van der Waals surface area contributed by atoms with Crippen LogP contribution >= 0.6 is 0 Å². The first kappa shape index (κ1) is 21.3. The number of rotatable bonds is 7. The summed E-state index contributed by atoms with van der Waals surface area (Å²) in [6.45, 7) is 6.91. The van der Waals surface area contributed by atoms with Gasteiger partial charge in [-0.15, -0.1) is 0 Å². The molecule has 1 rings (SSSR count). The summed E-state index contributed by atoms with van der Waals surface area (Å²) in [7, 11) is 0. The highest BCUT2D eigenvalue weighted by molar-refractivity contribution is 5.88. The molecule has 0 radical (unpaired) electrons. The third kappa shape index (κ3) is 8.23. The van der Waals surface area contributed by atoms with Gasteiger partial charge in [-0.05, 0) is 40.0 Å². The fourth-order valence-corrected chi connectivity index (χ4v) is 3.16. The lowest BCUT2D eigenvalue weighted by atomic mass is 9.84. The smallest absolute Gasteiger partial charge is 0.408 e. The highest BCUT2D eigenvalue weighted by Gasteiger charge is 2.31. The van der Waals surface area contributed by atoms with Gasteiger partial charge in [0.25, 0.3) is 0 Å². The minimum Gasteiger partial charge on any atom is -0.480 e. The van der Waals surface area contributed by atoms with Crippen LogP contribution in [0, 0.1) is 5.92 Å². The minimum atomic E-state index is -1.07. The lowest BCUT2D eigenvalue weighted by molar-refractivity contribution is -0.145. The van der Waals surface area contributed by atoms with Crippen LogP contribution in [0.5, 0.6) is 0 Å². The van der Waals surface area contributed by atoms with E-state index in [1.54, 1.807) is 27.7 Å². The quantitative estimate of drug-likeness (QED) is 0.731. The number of likely N-dealkylation sites (N-methyl/N-ethyl adjacent to an activating group) is 1. The second kappa shape index (κ2) is 9.63. The topological polar surface area (TPSA) is 95.9 Å². The van der Waals surface area contributed by atoms with Gasteiger partial charge in [-0.25, -0.2) is 4.79 Å². The zero-order valence-corrected chi connectivity index (χ0v) is 15.8. The Morgan fingerprint density at radius 3 is 2.28 bits per heavy atom. The maximum absolute atomic E-state index is 12.8. The molecule has 1 saturated carbocycles. The van der Waals surface area contributed by atoms with Gasteiger partial charge in [-0.1, -0.05) is 32.1 Å². The normalized spacial score (nSPS) is 16.8. The van der Waals surface area contributed by atoms with Crippen LogP contribution in [0.2, 0.25) is 0 Å². The van der Waals surface area contributed by atoms with Crippen LogP contribution in [-0.4, -0.2) is 52.7 Å². The summed E-state index contributed by atoms with van der Waals surface area (Å²) in [6, 6.07) is -0.753. The van der Waals surface area contributed by atoms with Gasteiger partial charge >= 0.3 is 12.1 Å². The molecule has 0 aromatic carbocycles. The van der Waals surface area contributed by atoms with Crippen LogP contribution in [0.15, 0.2) is 0 Å². The molecule has 1 fully saturated rings. The molecule has 144 valence electrons. The van der Waals surface area contributed by atoms with E-state index in [1.807, 2.05) is 0 Å². The van der Waals surface area contributed by atoms with Crippen molar-refractivity contribution in [3.05, 3.63) is 0 Å². The summed E-state index contributed by atoms with van der Waals surface area (Å²) in [6.07, 6.45) is 5.40. The standard InChI is InChI=1S/C18H32N2O5/c1-5-20(12-15(21)22)16(23)14(11-13-9-7-6-8-10-13)19-17(24)25-18(2,3)4/h13-14H,5-12H2,1-4H3,(H,19,24)(H,21,22). The summed E-state index contributed by atoms with van der Waals surface area (Å²) < 4.78 is 5.26. The number of ether oxygens (including phenoxy) is 1. The molecule has 25 heavy (non-hydrogen) atoms. The van der Waals surface area contributed by atoms with Crippen molar-refractivity contribution < 1.29 is 24.2 Å². The molecule has 1 aliphatic carbocycles. The molecule has 1 unspecified atom stereocenters. The van der Waals surface area contributed by atoms with Gasteiger partial charge < -0.3 is 20.1 Å². The van der Waals surface area contributed by atoms with Gasteiger partial charge in [0.2, 0.25) is 5.91 Å². The highest BCUT2D eigenvalue weighted by atomic mass is 16.6. The van der Waals surface area contributed by atoms with E-state index < -0.39 is 23.7 Å². The highest BCUT2D eigenvalue weighted by Crippen LogP contribution is 2.28. The van der Waals surface area contributed by atoms with E-state index in [2.05, 4.69) is 5.32 Å². The summed E-state index contributed by atoms with van der Waals surface area (Å²) in [5.41, 5.74) is -0.659. The average Bonchev–Trinajstić information content (AvgIpc) is 2.50. The van der Waals surface area contributed by atoms with Crippen molar-refractivity contribution in [2.45, 2.75) is 77.9 Å². The summed E-state index contributed by atoms with van der Waals surface area (Å²) in [4.78, 5) is 37.2. The van der Waals surface area contributed by atoms with Crippen molar-refractivity contribution in [1.29, 1.82) is 0 Å². The van der Waals surface area contributed by atoms with E-state index >= 15 is 0 Å². The molecule has 0 aromatic rings. The third-order valence-corrected chi connectivity index (χ3v) is 4.30. The fraction of sp³-hybridized carbons (Fsp3) is 0.833. The first-order valence-electron chi connectivity index (χ1n) is 9.12. The van der Waals surface area contributed by atoms with Crippen molar-refractivity contribution >= 4 is 18.0 Å². The van der Waals surface area contributed by atoms with Crippen LogP contribution in [0.3, 0.4) is 0 Å². The summed E-state index contributed by atoms with van der Waals surface area (Å²) in [5.74, 6) is -1.06. The lowest BCUT2D eigenvalue weighted by Crippen LogP contribution is -2.51. The molecular formula is C18H32N2O5. The molecule has 1 aliphatic rings. The number of carboxylic acids is 1. The molecule has 0 saturated heterocycles. The third-order valence-electron chi connectivity index (χ3n) is 4.30. The molecule has 0 heterocycles. The molecule has 0 spiro atoms. The fourth-order valence-electron chi connectivity index (χ4n) is 3.16. The lowest BCUT2D eigenvalue weighted by Gasteiger charge is -2.30. The largest absolute Gasteiger partial charge is 0.480 e. The predicted molar refractivity (Wildman–Crippen MR) is 94.2 cm³/mol. The summed E-state index contributed by atoms with van der Waals surface area (Å²) >= 11 is 0. The van der Waals surface area contributed by atoms with E-state index in [4.69, 9.17) is 9.84 Å². The number of carbonyl (C=O) groups excluding carboxylic acids is 2. The van der Waals surface area contributed by atoms with Crippen LogP contribution in [0.25, 0.3) is 0 Å². The Labute approximate surface area is 150 Å². The Hall–Kier alpha value is -1.79. The Kier molecular flexibility index (Phi) is 8.19. The number of hydrogen-bond donors (Lipinski definition) is 2. The van der Waals surface area contributed by atoms with E-state index in [1.165, 1.54) is 11.3 Å². The molecule has 0 bridgehead atoms. The number of nitrogens with one attached hydrogen (secondary N) is 1. The van der Waals surface area contributed by atoms with Crippen molar-refractivity contribution in [3.8, 4) is 0 Å². The Balaban J connectivity index is 2.82. The number of amides is 2. The van der Waals surface area contributed by atoms with E-state index in [0.29, 0.717) is 12.3 Å². The number of aliphatic carboxylic acids is 1. The number of nitrogens with zero attached hydrogens (tertiary/aromatic N) is 1. The number of carboxylic acid groups (broad SMARTS) is 1. The molecule has 7 nitrogen and oxygen atoms in total. The van der Waals surface area contributed by atoms with Crippen molar-refractivity contribution in [3.63, 3.8) is 0 Å². The molecule has 1 atom stereocenters. The Morgan fingerprint density at radius 1 is 1.20 bits per heavy atom. The Morgan fingerprint density at radius 2 is 1.80 bits per heavy atom. The van der Waals surface area contributed by atoms with Crippen LogP contribution in [0.4, 0.5) is 4.79 Å².